The molecule has 2 heterocycles. The molecule has 3 unspecified atom stereocenters. The molecule has 146 valence electrons. The molecule has 1 saturated heterocycles. The number of fused-ring (bicyclic) bond motifs is 2. The lowest BCUT2D eigenvalue weighted by atomic mass is 9.96. The molecule has 1 aromatic carbocycles. The van der Waals surface area contributed by atoms with Gasteiger partial charge in [0.05, 0.1) is 23.8 Å². The van der Waals surface area contributed by atoms with Crippen molar-refractivity contribution in [1.29, 1.82) is 0 Å². The van der Waals surface area contributed by atoms with Gasteiger partial charge < -0.3 is 9.72 Å². The molecular weight excluding hydrogens is 360 g/mol. The molecule has 2 fully saturated rings. The summed E-state index contributed by atoms with van der Waals surface area (Å²) in [7, 11) is -1.64. The number of H-pyrrole nitrogens is 1. The molecule has 0 amide bonds. The van der Waals surface area contributed by atoms with E-state index in [1.807, 2.05) is 0 Å². The highest BCUT2D eigenvalue weighted by atomic mass is 32.2. The average Bonchev–Trinajstić information content (AvgIpc) is 3.42. The molecule has 1 aliphatic heterocycles. The van der Waals surface area contributed by atoms with Crippen LogP contribution < -0.4 is 4.74 Å². The lowest BCUT2D eigenvalue weighted by Gasteiger charge is -2.33. The Labute approximate surface area is 161 Å². The number of likely N-dealkylation sites (tertiary alicyclic amines) is 1. The van der Waals surface area contributed by atoms with E-state index < -0.39 is 9.84 Å². The van der Waals surface area contributed by atoms with Gasteiger partial charge in [0, 0.05) is 23.0 Å². The van der Waals surface area contributed by atoms with Gasteiger partial charge in [0.2, 0.25) is 0 Å². The first-order chi connectivity index (χ1) is 13.0. The van der Waals surface area contributed by atoms with E-state index in [2.05, 4.69) is 28.9 Å². The Hall–Kier alpha value is -1.79. The maximum atomic E-state index is 12.3. The van der Waals surface area contributed by atoms with Gasteiger partial charge in [-0.2, -0.15) is 0 Å². The highest BCUT2D eigenvalue weighted by molar-refractivity contribution is 7.91. The van der Waals surface area contributed by atoms with E-state index in [1.165, 1.54) is 25.0 Å². The van der Waals surface area contributed by atoms with Crippen molar-refractivity contribution in [2.45, 2.75) is 50.1 Å². The summed E-state index contributed by atoms with van der Waals surface area (Å²) in [5.41, 5.74) is 2.93. The van der Waals surface area contributed by atoms with Gasteiger partial charge in [0.25, 0.3) is 0 Å². The summed E-state index contributed by atoms with van der Waals surface area (Å²) in [6.45, 7) is 4.97. The molecule has 1 aromatic heterocycles. The van der Waals surface area contributed by atoms with Crippen LogP contribution in [-0.2, 0) is 9.84 Å². The molecular formula is C21H28N2O3S. The number of hydrogen-bond acceptors (Lipinski definition) is 4. The van der Waals surface area contributed by atoms with Crippen LogP contribution in [-0.4, -0.2) is 43.8 Å². The van der Waals surface area contributed by atoms with Crippen LogP contribution in [0, 0.1) is 5.92 Å². The van der Waals surface area contributed by atoms with Gasteiger partial charge in [0.15, 0.2) is 9.84 Å². The van der Waals surface area contributed by atoms with Crippen LogP contribution in [0.15, 0.2) is 35.2 Å². The van der Waals surface area contributed by atoms with Crippen molar-refractivity contribution in [3.05, 3.63) is 36.0 Å². The van der Waals surface area contributed by atoms with Crippen LogP contribution in [0.3, 0.4) is 0 Å². The van der Waals surface area contributed by atoms with Crippen molar-refractivity contribution in [3.8, 4) is 17.0 Å². The number of hydrogen-bond donors (Lipinski definition) is 1. The highest BCUT2D eigenvalue weighted by Gasteiger charge is 2.46. The largest absolute Gasteiger partial charge is 0.496 e. The number of ether oxygens (including phenoxy) is 1. The first-order valence-electron chi connectivity index (χ1n) is 9.84. The number of piperidine rings is 1. The summed E-state index contributed by atoms with van der Waals surface area (Å²) < 4.78 is 30.1. The SMILES string of the molecule is CCN1C2CCC(C2)C1c1ccc(-c2cc(S(=O)(=O)CC)ccc2OC)[nH]1. The normalized spacial score (nSPS) is 25.2. The molecule has 0 spiro atoms. The summed E-state index contributed by atoms with van der Waals surface area (Å²) in [5.74, 6) is 1.49. The maximum absolute atomic E-state index is 12.3. The quantitative estimate of drug-likeness (QED) is 0.812. The minimum Gasteiger partial charge on any atom is -0.496 e. The van der Waals surface area contributed by atoms with Crippen molar-refractivity contribution in [1.82, 2.24) is 9.88 Å². The van der Waals surface area contributed by atoms with Crippen LogP contribution >= 0.6 is 0 Å². The average molecular weight is 389 g/mol. The van der Waals surface area contributed by atoms with Crippen molar-refractivity contribution in [2.24, 2.45) is 5.92 Å². The van der Waals surface area contributed by atoms with Gasteiger partial charge in [-0.3, -0.25) is 4.90 Å². The second-order valence-electron chi connectivity index (χ2n) is 7.60. The Kier molecular flexibility index (Phi) is 4.80. The van der Waals surface area contributed by atoms with Crippen LogP contribution in [0.5, 0.6) is 5.75 Å². The number of methoxy groups -OCH3 is 1. The van der Waals surface area contributed by atoms with Crippen molar-refractivity contribution in [3.63, 3.8) is 0 Å². The predicted octanol–water partition coefficient (Wildman–Crippen LogP) is 4.03. The monoisotopic (exact) mass is 388 g/mol. The lowest BCUT2D eigenvalue weighted by molar-refractivity contribution is 0.145. The summed E-state index contributed by atoms with van der Waals surface area (Å²) in [4.78, 5) is 6.53. The Morgan fingerprint density at radius 1 is 1.19 bits per heavy atom. The highest BCUT2D eigenvalue weighted by Crippen LogP contribution is 2.50. The molecule has 6 heteroatoms. The molecule has 4 rings (SSSR count). The Balaban J connectivity index is 1.72. The van der Waals surface area contributed by atoms with Crippen molar-refractivity contribution < 1.29 is 13.2 Å². The summed E-state index contributed by atoms with van der Waals surface area (Å²) in [6, 6.07) is 10.5. The van der Waals surface area contributed by atoms with Crippen LogP contribution in [0.1, 0.15) is 44.8 Å². The van der Waals surface area contributed by atoms with Gasteiger partial charge in [-0.25, -0.2) is 8.42 Å². The van der Waals surface area contributed by atoms with E-state index in [9.17, 15) is 8.42 Å². The fourth-order valence-electron chi connectivity index (χ4n) is 4.96. The molecule has 2 bridgehead atoms. The van der Waals surface area contributed by atoms with Crippen LogP contribution in [0.2, 0.25) is 0 Å². The summed E-state index contributed by atoms with van der Waals surface area (Å²) >= 11 is 0. The summed E-state index contributed by atoms with van der Waals surface area (Å²) in [5, 5.41) is 0. The number of nitrogens with zero attached hydrogens (tertiary/aromatic N) is 1. The van der Waals surface area contributed by atoms with Crippen molar-refractivity contribution in [2.75, 3.05) is 19.4 Å². The fourth-order valence-corrected chi connectivity index (χ4v) is 5.87. The zero-order chi connectivity index (χ0) is 19.2. The van der Waals surface area contributed by atoms with Crippen molar-refractivity contribution >= 4 is 9.84 Å². The zero-order valence-electron chi connectivity index (χ0n) is 16.2. The lowest BCUT2D eigenvalue weighted by Crippen LogP contribution is -2.35. The number of rotatable bonds is 6. The van der Waals surface area contributed by atoms with E-state index in [1.54, 1.807) is 32.2 Å². The van der Waals surface area contributed by atoms with Gasteiger partial charge >= 0.3 is 0 Å². The van der Waals surface area contributed by atoms with Gasteiger partial charge in [-0.15, -0.1) is 0 Å². The van der Waals surface area contributed by atoms with E-state index in [4.69, 9.17) is 4.74 Å². The van der Waals surface area contributed by atoms with E-state index in [0.717, 1.165) is 23.7 Å². The molecule has 0 radical (unpaired) electrons. The first kappa shape index (κ1) is 18.6. The number of nitrogens with one attached hydrogen (secondary N) is 1. The number of aromatic nitrogens is 1. The topological polar surface area (TPSA) is 62.4 Å². The van der Waals surface area contributed by atoms with E-state index >= 15 is 0 Å². The number of sulfone groups is 1. The van der Waals surface area contributed by atoms with E-state index in [0.29, 0.717) is 22.7 Å². The molecule has 2 aromatic rings. The Morgan fingerprint density at radius 2 is 2.00 bits per heavy atom. The van der Waals surface area contributed by atoms with Crippen LogP contribution in [0.4, 0.5) is 0 Å². The minimum atomic E-state index is -3.26. The second-order valence-corrected chi connectivity index (χ2v) is 9.87. The summed E-state index contributed by atoms with van der Waals surface area (Å²) in [6.07, 6.45) is 3.90. The minimum absolute atomic E-state index is 0.0886. The maximum Gasteiger partial charge on any atom is 0.178 e. The predicted molar refractivity (Wildman–Crippen MR) is 107 cm³/mol. The third kappa shape index (κ3) is 3.09. The van der Waals surface area contributed by atoms with Crippen LogP contribution in [0.25, 0.3) is 11.3 Å². The molecule has 1 N–H and O–H groups in total. The number of benzene rings is 1. The fraction of sp³-hybridized carbons (Fsp3) is 0.524. The Bertz CT molecular complexity index is 935. The third-order valence-corrected chi connectivity index (χ3v) is 8.04. The molecule has 5 nitrogen and oxygen atoms in total. The smallest absolute Gasteiger partial charge is 0.178 e. The molecule has 3 atom stereocenters. The standard InChI is InChI=1S/C21H28N2O3S/c1-4-23-15-7-6-14(12-15)21(23)19-10-9-18(22-19)17-13-16(27(24,25)5-2)8-11-20(17)26-3/h8-11,13-15,21-22H,4-7,12H2,1-3H3. The third-order valence-electron chi connectivity index (χ3n) is 6.31. The second kappa shape index (κ2) is 6.99. The van der Waals surface area contributed by atoms with Gasteiger partial charge in [-0.1, -0.05) is 13.8 Å². The number of aromatic amines is 1. The van der Waals surface area contributed by atoms with E-state index in [-0.39, 0.29) is 5.75 Å². The molecule has 2 aliphatic rings. The van der Waals surface area contributed by atoms with Gasteiger partial charge in [0.1, 0.15) is 5.75 Å². The molecule has 1 saturated carbocycles. The molecule has 1 aliphatic carbocycles. The molecule has 27 heavy (non-hydrogen) atoms. The van der Waals surface area contributed by atoms with Gasteiger partial charge in [-0.05, 0) is 62.1 Å². The zero-order valence-corrected chi connectivity index (χ0v) is 17.1. The Morgan fingerprint density at radius 3 is 2.70 bits per heavy atom. The first-order valence-corrected chi connectivity index (χ1v) is 11.5.